The van der Waals surface area contributed by atoms with Crippen molar-refractivity contribution in [2.45, 2.75) is 6.92 Å². The van der Waals surface area contributed by atoms with E-state index in [9.17, 15) is 9.18 Å². The first-order valence-corrected chi connectivity index (χ1v) is 7.86. The highest BCUT2D eigenvalue weighted by Crippen LogP contribution is 2.24. The highest BCUT2D eigenvalue weighted by Gasteiger charge is 2.09. The molecule has 126 valence electrons. The summed E-state index contributed by atoms with van der Waals surface area (Å²) in [6.45, 7) is 1.99. The van der Waals surface area contributed by atoms with Gasteiger partial charge in [0.25, 0.3) is 0 Å². The summed E-state index contributed by atoms with van der Waals surface area (Å²) in [4.78, 5) is 12.1. The Labute approximate surface area is 145 Å². The molecule has 5 heteroatoms. The van der Waals surface area contributed by atoms with Crippen LogP contribution in [0, 0.1) is 12.7 Å². The molecule has 3 aromatic rings. The number of benzene rings is 2. The Morgan fingerprint density at radius 1 is 1.12 bits per heavy atom. The van der Waals surface area contributed by atoms with Gasteiger partial charge in [-0.3, -0.25) is 9.48 Å². The molecule has 3 rings (SSSR count). The van der Waals surface area contributed by atoms with E-state index < -0.39 is 0 Å². The molecule has 4 nitrogen and oxygen atoms in total. The summed E-state index contributed by atoms with van der Waals surface area (Å²) in [5.74, 6) is -0.516. The van der Waals surface area contributed by atoms with Crippen molar-refractivity contribution in [3.63, 3.8) is 0 Å². The molecule has 0 aliphatic carbocycles. The molecule has 0 fully saturated rings. The number of hydrogen-bond acceptors (Lipinski definition) is 2. The number of aromatic nitrogens is 2. The molecule has 0 spiro atoms. The number of aryl methyl sites for hydroxylation is 2. The van der Waals surface area contributed by atoms with Gasteiger partial charge in [-0.15, -0.1) is 0 Å². The number of anilines is 1. The highest BCUT2D eigenvalue weighted by molar-refractivity contribution is 6.02. The first-order valence-electron chi connectivity index (χ1n) is 7.86. The summed E-state index contributed by atoms with van der Waals surface area (Å²) in [6, 6.07) is 13.8. The molecule has 0 bridgehead atoms. The molecule has 1 amide bonds. The smallest absolute Gasteiger partial charge is 0.248 e. The lowest BCUT2D eigenvalue weighted by atomic mass is 10.1. The van der Waals surface area contributed by atoms with Crippen LogP contribution in [-0.2, 0) is 11.8 Å². The van der Waals surface area contributed by atoms with Crippen molar-refractivity contribution >= 4 is 17.7 Å². The van der Waals surface area contributed by atoms with Gasteiger partial charge in [-0.05, 0) is 49.4 Å². The molecular formula is C20H18FN3O. The Morgan fingerprint density at radius 3 is 2.48 bits per heavy atom. The summed E-state index contributed by atoms with van der Waals surface area (Å²) < 4.78 is 14.8. The van der Waals surface area contributed by atoms with Gasteiger partial charge in [0.2, 0.25) is 5.91 Å². The van der Waals surface area contributed by atoms with E-state index in [0.29, 0.717) is 0 Å². The zero-order chi connectivity index (χ0) is 17.8. The van der Waals surface area contributed by atoms with Crippen molar-refractivity contribution in [2.24, 2.45) is 7.05 Å². The van der Waals surface area contributed by atoms with Gasteiger partial charge >= 0.3 is 0 Å². The number of nitrogens with one attached hydrogen (secondary N) is 1. The third-order valence-corrected chi connectivity index (χ3v) is 3.82. The Balaban J connectivity index is 1.78. The van der Waals surface area contributed by atoms with Gasteiger partial charge in [0.1, 0.15) is 5.82 Å². The second-order valence-electron chi connectivity index (χ2n) is 5.77. The van der Waals surface area contributed by atoms with Gasteiger partial charge in [-0.25, -0.2) is 4.39 Å². The minimum absolute atomic E-state index is 0.224. The van der Waals surface area contributed by atoms with E-state index in [1.807, 2.05) is 38.2 Å². The number of amides is 1. The lowest BCUT2D eigenvalue weighted by Gasteiger charge is -2.05. The first kappa shape index (κ1) is 16.6. The van der Waals surface area contributed by atoms with Crippen LogP contribution in [0.5, 0.6) is 0 Å². The van der Waals surface area contributed by atoms with Crippen LogP contribution in [0.2, 0.25) is 0 Å². The average Bonchev–Trinajstić information content (AvgIpc) is 2.97. The Kier molecular flexibility index (Phi) is 4.75. The topological polar surface area (TPSA) is 46.9 Å². The molecule has 1 aromatic heterocycles. The second-order valence-corrected chi connectivity index (χ2v) is 5.77. The van der Waals surface area contributed by atoms with Crippen LogP contribution < -0.4 is 5.32 Å². The average molecular weight is 335 g/mol. The van der Waals surface area contributed by atoms with Crippen LogP contribution in [0.15, 0.2) is 60.8 Å². The molecule has 0 unspecified atom stereocenters. The second kappa shape index (κ2) is 7.13. The van der Waals surface area contributed by atoms with Crippen LogP contribution >= 0.6 is 0 Å². The van der Waals surface area contributed by atoms with E-state index in [-0.39, 0.29) is 11.7 Å². The predicted octanol–water partition coefficient (Wildman–Crippen LogP) is 4.19. The lowest BCUT2D eigenvalue weighted by Crippen LogP contribution is -2.07. The lowest BCUT2D eigenvalue weighted by molar-refractivity contribution is -0.111. The number of nitrogens with zero attached hydrogens (tertiary/aromatic N) is 2. The molecule has 0 radical (unpaired) electrons. The number of rotatable bonds is 4. The van der Waals surface area contributed by atoms with Crippen LogP contribution in [0.3, 0.4) is 0 Å². The molecular weight excluding hydrogens is 317 g/mol. The number of hydrogen-bond donors (Lipinski definition) is 1. The molecule has 0 saturated heterocycles. The molecule has 25 heavy (non-hydrogen) atoms. The number of halogens is 1. The van der Waals surface area contributed by atoms with Crippen molar-refractivity contribution in [3.8, 4) is 11.3 Å². The predicted molar refractivity (Wildman–Crippen MR) is 97.4 cm³/mol. The third-order valence-electron chi connectivity index (χ3n) is 3.82. The van der Waals surface area contributed by atoms with E-state index >= 15 is 0 Å². The maximum absolute atomic E-state index is 13.1. The maximum Gasteiger partial charge on any atom is 0.248 e. The van der Waals surface area contributed by atoms with Crippen molar-refractivity contribution in [2.75, 3.05) is 5.32 Å². The van der Waals surface area contributed by atoms with Crippen LogP contribution in [0.25, 0.3) is 17.3 Å². The Bertz CT molecular complexity index is 909. The van der Waals surface area contributed by atoms with Crippen molar-refractivity contribution < 1.29 is 9.18 Å². The monoisotopic (exact) mass is 335 g/mol. The van der Waals surface area contributed by atoms with Gasteiger partial charge < -0.3 is 5.32 Å². The molecule has 2 aromatic carbocycles. The van der Waals surface area contributed by atoms with E-state index in [1.54, 1.807) is 29.1 Å². The molecule has 0 aliphatic heterocycles. The summed E-state index contributed by atoms with van der Waals surface area (Å²) in [7, 11) is 1.81. The third kappa shape index (κ3) is 4.01. The van der Waals surface area contributed by atoms with E-state index in [2.05, 4.69) is 10.4 Å². The minimum Gasteiger partial charge on any atom is -0.323 e. The summed E-state index contributed by atoms with van der Waals surface area (Å²) in [5, 5.41) is 7.04. The fourth-order valence-corrected chi connectivity index (χ4v) is 2.52. The largest absolute Gasteiger partial charge is 0.323 e. The fraction of sp³-hybridized carbons (Fsp3) is 0.100. The van der Waals surface area contributed by atoms with Gasteiger partial charge in [-0.1, -0.05) is 17.7 Å². The molecule has 1 N–H and O–H groups in total. The fourth-order valence-electron chi connectivity index (χ4n) is 2.52. The first-order chi connectivity index (χ1) is 12.0. The SMILES string of the molecule is Cc1ccc(NC(=O)C=Cc2cnn(C)c2-c2ccc(F)cc2)cc1. The van der Waals surface area contributed by atoms with Crippen molar-refractivity contribution in [3.05, 3.63) is 77.7 Å². The minimum atomic E-state index is -0.291. The van der Waals surface area contributed by atoms with Crippen molar-refractivity contribution in [1.29, 1.82) is 0 Å². The van der Waals surface area contributed by atoms with E-state index in [4.69, 9.17) is 0 Å². The summed E-state index contributed by atoms with van der Waals surface area (Å²) >= 11 is 0. The zero-order valence-electron chi connectivity index (χ0n) is 14.0. The standard InChI is InChI=1S/C20H18FN3O/c1-14-3-10-18(11-4-14)23-19(25)12-7-16-13-22-24(2)20(16)15-5-8-17(21)9-6-15/h3-13H,1-2H3,(H,23,25). The van der Waals surface area contributed by atoms with Gasteiger partial charge in [0.05, 0.1) is 11.9 Å². The summed E-state index contributed by atoms with van der Waals surface area (Å²) in [5.41, 5.74) is 4.31. The van der Waals surface area contributed by atoms with Gasteiger partial charge in [0.15, 0.2) is 0 Å². The molecule has 0 atom stereocenters. The molecule has 0 aliphatic rings. The van der Waals surface area contributed by atoms with Crippen LogP contribution in [0.4, 0.5) is 10.1 Å². The van der Waals surface area contributed by atoms with E-state index in [0.717, 1.165) is 28.1 Å². The van der Waals surface area contributed by atoms with Crippen molar-refractivity contribution in [1.82, 2.24) is 9.78 Å². The number of carbonyl (C=O) groups excluding carboxylic acids is 1. The zero-order valence-corrected chi connectivity index (χ0v) is 14.0. The number of carbonyl (C=O) groups is 1. The summed E-state index contributed by atoms with van der Waals surface area (Å²) in [6.07, 6.45) is 4.84. The van der Waals surface area contributed by atoms with E-state index in [1.165, 1.54) is 18.2 Å². The Hall–Kier alpha value is -3.21. The maximum atomic E-state index is 13.1. The van der Waals surface area contributed by atoms with Gasteiger partial charge in [-0.2, -0.15) is 5.10 Å². The van der Waals surface area contributed by atoms with Crippen LogP contribution in [-0.4, -0.2) is 15.7 Å². The quantitative estimate of drug-likeness (QED) is 0.727. The highest BCUT2D eigenvalue weighted by atomic mass is 19.1. The van der Waals surface area contributed by atoms with Gasteiger partial charge in [0, 0.05) is 29.9 Å². The Morgan fingerprint density at radius 2 is 1.80 bits per heavy atom. The molecule has 0 saturated carbocycles. The normalized spacial score (nSPS) is 11.0. The molecule has 1 heterocycles. The van der Waals surface area contributed by atoms with Crippen LogP contribution in [0.1, 0.15) is 11.1 Å².